The van der Waals surface area contributed by atoms with Crippen LogP contribution in [0.1, 0.15) is 19.3 Å². The van der Waals surface area contributed by atoms with E-state index in [1.54, 1.807) is 0 Å². The molecule has 0 aromatic rings. The van der Waals surface area contributed by atoms with E-state index in [9.17, 15) is 9.59 Å². The molecule has 0 rings (SSSR count). The zero-order valence-corrected chi connectivity index (χ0v) is 12.8. The van der Waals surface area contributed by atoms with Crippen LogP contribution < -0.4 is 0 Å². The second-order valence-corrected chi connectivity index (χ2v) is 7.09. The number of carboxylic acid groups (broad SMARTS) is 1. The van der Waals surface area contributed by atoms with Crippen molar-refractivity contribution in [2.24, 2.45) is 5.92 Å². The molecule has 1 unspecified atom stereocenters. The van der Waals surface area contributed by atoms with Crippen molar-refractivity contribution in [3.05, 3.63) is 0 Å². The fourth-order valence-electron chi connectivity index (χ4n) is 1.72. The number of carbonyl (C=O) groups is 2. The first-order valence-corrected chi connectivity index (χ1v) is 7.83. The van der Waals surface area contributed by atoms with Crippen molar-refractivity contribution in [3.63, 3.8) is 0 Å². The lowest BCUT2D eigenvalue weighted by atomic mass is 10.0. The van der Waals surface area contributed by atoms with E-state index in [4.69, 9.17) is 18.4 Å². The minimum absolute atomic E-state index is 0.132. The summed E-state index contributed by atoms with van der Waals surface area (Å²) in [5.74, 6) is -2.30. The lowest BCUT2D eigenvalue weighted by molar-refractivity contribution is -0.150. The van der Waals surface area contributed by atoms with Crippen molar-refractivity contribution in [2.45, 2.75) is 25.3 Å². The molecule has 0 radical (unpaired) electrons. The van der Waals surface area contributed by atoms with Gasteiger partial charge in [-0.05, 0) is 12.8 Å². The molecule has 0 saturated carbocycles. The molecule has 19 heavy (non-hydrogen) atoms. The summed E-state index contributed by atoms with van der Waals surface area (Å²) < 4.78 is 20.2. The summed E-state index contributed by atoms with van der Waals surface area (Å²) in [5, 5.41) is 9.03. The Kier molecular flexibility index (Phi) is 8.57. The van der Waals surface area contributed by atoms with Gasteiger partial charge in [-0.15, -0.1) is 0 Å². The van der Waals surface area contributed by atoms with Crippen LogP contribution in [0.25, 0.3) is 0 Å². The number of ether oxygens (including phenoxy) is 1. The lowest BCUT2D eigenvalue weighted by Crippen LogP contribution is -2.42. The Balaban J connectivity index is 4.33. The SMILES string of the molecule is COC(=O)CC(CCC[Si](OC)(OC)OC)C(=O)O. The van der Waals surface area contributed by atoms with Gasteiger partial charge in [-0.25, -0.2) is 0 Å². The number of esters is 1. The number of carbonyl (C=O) groups excluding carboxylic acids is 1. The molecule has 0 aliphatic carbocycles. The minimum atomic E-state index is -2.68. The van der Waals surface area contributed by atoms with Gasteiger partial charge >= 0.3 is 20.7 Å². The van der Waals surface area contributed by atoms with E-state index in [-0.39, 0.29) is 6.42 Å². The quantitative estimate of drug-likeness (QED) is 0.473. The van der Waals surface area contributed by atoms with Crippen molar-refractivity contribution in [1.29, 1.82) is 0 Å². The molecule has 0 aliphatic heterocycles. The lowest BCUT2D eigenvalue weighted by Gasteiger charge is -2.24. The number of methoxy groups -OCH3 is 1. The van der Waals surface area contributed by atoms with Crippen LogP contribution in [0, 0.1) is 5.92 Å². The molecule has 1 N–H and O–H groups in total. The Labute approximate surface area is 114 Å². The Morgan fingerprint density at radius 2 is 1.63 bits per heavy atom. The molecule has 0 aromatic heterocycles. The second kappa shape index (κ2) is 9.02. The highest BCUT2D eigenvalue weighted by Crippen LogP contribution is 2.21. The van der Waals surface area contributed by atoms with Crippen molar-refractivity contribution < 1.29 is 32.7 Å². The molecule has 0 aromatic carbocycles. The largest absolute Gasteiger partial charge is 0.500 e. The van der Waals surface area contributed by atoms with Crippen molar-refractivity contribution in [1.82, 2.24) is 0 Å². The van der Waals surface area contributed by atoms with E-state index in [1.165, 1.54) is 28.4 Å². The van der Waals surface area contributed by atoms with Gasteiger partial charge in [0.05, 0.1) is 19.4 Å². The number of hydrogen-bond donors (Lipinski definition) is 1. The third-order valence-corrected chi connectivity index (χ3v) is 5.79. The molecule has 0 saturated heterocycles. The molecule has 1 atom stereocenters. The fraction of sp³-hybridized carbons (Fsp3) is 0.818. The van der Waals surface area contributed by atoms with Gasteiger partial charge < -0.3 is 23.1 Å². The van der Waals surface area contributed by atoms with Gasteiger partial charge in [-0.2, -0.15) is 0 Å². The van der Waals surface area contributed by atoms with E-state index < -0.39 is 26.7 Å². The van der Waals surface area contributed by atoms with Crippen LogP contribution in [-0.4, -0.2) is 54.3 Å². The maximum Gasteiger partial charge on any atom is 0.500 e. The highest BCUT2D eigenvalue weighted by molar-refractivity contribution is 6.60. The zero-order chi connectivity index (χ0) is 14.9. The number of aliphatic carboxylic acids is 1. The number of rotatable bonds is 10. The van der Waals surface area contributed by atoms with Crippen LogP contribution in [0.2, 0.25) is 6.04 Å². The van der Waals surface area contributed by atoms with Gasteiger partial charge in [0.2, 0.25) is 0 Å². The first-order valence-electron chi connectivity index (χ1n) is 5.89. The summed E-state index contributed by atoms with van der Waals surface area (Å²) in [7, 11) is 3.07. The average Bonchev–Trinajstić information content (AvgIpc) is 2.42. The Morgan fingerprint density at radius 1 is 1.11 bits per heavy atom. The monoisotopic (exact) mass is 294 g/mol. The van der Waals surface area contributed by atoms with Crippen LogP contribution in [0.15, 0.2) is 0 Å². The van der Waals surface area contributed by atoms with E-state index in [2.05, 4.69) is 4.74 Å². The molecule has 112 valence electrons. The molecule has 0 bridgehead atoms. The predicted molar refractivity (Wildman–Crippen MR) is 68.6 cm³/mol. The highest BCUT2D eigenvalue weighted by Gasteiger charge is 2.37. The van der Waals surface area contributed by atoms with Crippen molar-refractivity contribution in [3.8, 4) is 0 Å². The summed E-state index contributed by atoms with van der Waals surface area (Å²) >= 11 is 0. The van der Waals surface area contributed by atoms with Crippen molar-refractivity contribution >= 4 is 20.7 Å². The fourth-order valence-corrected chi connectivity index (χ4v) is 3.47. The Morgan fingerprint density at radius 3 is 2.00 bits per heavy atom. The van der Waals surface area contributed by atoms with Crippen LogP contribution >= 0.6 is 0 Å². The van der Waals surface area contributed by atoms with E-state index in [0.29, 0.717) is 18.9 Å². The van der Waals surface area contributed by atoms with E-state index in [0.717, 1.165) is 0 Å². The van der Waals surface area contributed by atoms with Crippen LogP contribution in [0.5, 0.6) is 0 Å². The van der Waals surface area contributed by atoms with Crippen molar-refractivity contribution in [2.75, 3.05) is 28.4 Å². The first-order chi connectivity index (χ1) is 8.94. The number of carboxylic acids is 1. The normalized spacial score (nSPS) is 13.1. The summed E-state index contributed by atoms with van der Waals surface area (Å²) in [6.07, 6.45) is 0.748. The van der Waals surface area contributed by atoms with Gasteiger partial charge in [0.15, 0.2) is 0 Å². The molecule has 0 fully saturated rings. The van der Waals surface area contributed by atoms with Crippen LogP contribution in [0.3, 0.4) is 0 Å². The van der Waals surface area contributed by atoms with E-state index >= 15 is 0 Å². The van der Waals surface area contributed by atoms with Gasteiger partial charge in [0.1, 0.15) is 0 Å². The first kappa shape index (κ1) is 18.0. The average molecular weight is 294 g/mol. The molecule has 0 heterocycles. The molecular weight excluding hydrogens is 272 g/mol. The third kappa shape index (κ3) is 6.15. The third-order valence-electron chi connectivity index (χ3n) is 2.96. The maximum absolute atomic E-state index is 11.1. The summed E-state index contributed by atoms with van der Waals surface area (Å²) in [6, 6.07) is 0.501. The smallest absolute Gasteiger partial charge is 0.481 e. The van der Waals surface area contributed by atoms with Gasteiger partial charge in [-0.3, -0.25) is 9.59 Å². The summed E-state index contributed by atoms with van der Waals surface area (Å²) in [4.78, 5) is 22.1. The minimum Gasteiger partial charge on any atom is -0.481 e. The molecule has 0 aliphatic rings. The summed E-state index contributed by atoms with van der Waals surface area (Å²) in [6.45, 7) is 0. The molecule has 8 heteroatoms. The molecule has 7 nitrogen and oxygen atoms in total. The molecule has 0 spiro atoms. The Hall–Kier alpha value is -0.963. The molecular formula is C11H22O7Si. The van der Waals surface area contributed by atoms with E-state index in [1.807, 2.05) is 0 Å². The zero-order valence-electron chi connectivity index (χ0n) is 11.8. The Bertz CT molecular complexity index is 283. The predicted octanol–water partition coefficient (Wildman–Crippen LogP) is 0.909. The molecule has 0 amide bonds. The standard InChI is InChI=1S/C11H22O7Si/c1-15-10(12)8-9(11(13)14)6-5-7-19(16-2,17-3)18-4/h9H,5-8H2,1-4H3,(H,13,14). The number of hydrogen-bond acceptors (Lipinski definition) is 6. The van der Waals surface area contributed by atoms with Gasteiger partial charge in [-0.1, -0.05) is 0 Å². The highest BCUT2D eigenvalue weighted by atomic mass is 28.4. The van der Waals surface area contributed by atoms with Crippen LogP contribution in [0.4, 0.5) is 0 Å². The van der Waals surface area contributed by atoms with Gasteiger partial charge in [0.25, 0.3) is 0 Å². The maximum atomic E-state index is 11.1. The second-order valence-electron chi connectivity index (χ2n) is 4.00. The van der Waals surface area contributed by atoms with Crippen LogP contribution in [-0.2, 0) is 27.6 Å². The topological polar surface area (TPSA) is 91.3 Å². The van der Waals surface area contributed by atoms with Gasteiger partial charge in [0, 0.05) is 27.4 Å². The summed E-state index contributed by atoms with van der Waals surface area (Å²) in [5.41, 5.74) is 0.